The summed E-state index contributed by atoms with van der Waals surface area (Å²) in [4.78, 5) is 0. The van der Waals surface area contributed by atoms with Crippen molar-refractivity contribution in [2.24, 2.45) is 0 Å². The van der Waals surface area contributed by atoms with Crippen LogP contribution in [0.3, 0.4) is 0 Å². The van der Waals surface area contributed by atoms with Crippen LogP contribution in [-0.2, 0) is 10.8 Å². The zero-order valence-corrected chi connectivity index (χ0v) is 19.0. The van der Waals surface area contributed by atoms with Crippen molar-refractivity contribution in [2.45, 2.75) is 52.4 Å². The van der Waals surface area contributed by atoms with E-state index in [1.165, 1.54) is 11.1 Å². The molecule has 0 saturated heterocycles. The van der Waals surface area contributed by atoms with Gasteiger partial charge in [0.2, 0.25) is 0 Å². The molecule has 7 heteroatoms. The van der Waals surface area contributed by atoms with Gasteiger partial charge in [-0.25, -0.2) is 0 Å². The molecule has 0 fully saturated rings. The SMILES string of the molecule is CC(C)(C)c1ccccc1.CC(C)(C)c1ccccc1.[F][Sb-]([F])([F])([F])([F])[F]. The van der Waals surface area contributed by atoms with Crippen molar-refractivity contribution >= 4 is 19.5 Å². The first-order chi connectivity index (χ1) is 11.7. The molecule has 0 aromatic heterocycles. The van der Waals surface area contributed by atoms with Crippen LogP contribution in [0.1, 0.15) is 52.7 Å². The van der Waals surface area contributed by atoms with E-state index in [9.17, 15) is 16.9 Å². The van der Waals surface area contributed by atoms with E-state index in [-0.39, 0.29) is 0 Å². The van der Waals surface area contributed by atoms with Crippen LogP contribution in [0.2, 0.25) is 0 Å². The minimum absolute atomic E-state index is 0.293. The molecule has 0 radical (unpaired) electrons. The van der Waals surface area contributed by atoms with Crippen LogP contribution in [0.25, 0.3) is 0 Å². The topological polar surface area (TPSA) is 0 Å². The maximum atomic E-state index is 9.93. The Morgan fingerprint density at radius 1 is 0.481 bits per heavy atom. The normalized spacial score (nSPS) is 14.5. The van der Waals surface area contributed by atoms with Gasteiger partial charge < -0.3 is 0 Å². The van der Waals surface area contributed by atoms with E-state index in [0.717, 1.165) is 0 Å². The van der Waals surface area contributed by atoms with Crippen molar-refractivity contribution in [1.29, 1.82) is 0 Å². The first-order valence-corrected chi connectivity index (χ1v) is 14.1. The van der Waals surface area contributed by atoms with Gasteiger partial charge in [-0.3, -0.25) is 0 Å². The van der Waals surface area contributed by atoms with Crippen LogP contribution >= 0.6 is 0 Å². The Bertz CT molecular complexity index is 618. The summed E-state index contributed by atoms with van der Waals surface area (Å²) >= 11 is -11.2. The summed E-state index contributed by atoms with van der Waals surface area (Å²) in [5.41, 5.74) is 3.38. The van der Waals surface area contributed by atoms with Crippen LogP contribution in [0.4, 0.5) is 16.9 Å². The molecule has 2 rings (SSSR count). The summed E-state index contributed by atoms with van der Waals surface area (Å²) in [6.45, 7) is 13.3. The molecule has 0 unspecified atom stereocenters. The molecule has 2 aromatic carbocycles. The molecule has 0 aliphatic carbocycles. The Morgan fingerprint density at radius 3 is 0.778 bits per heavy atom. The summed E-state index contributed by atoms with van der Waals surface area (Å²) in [5, 5.41) is 0. The second-order valence-electron chi connectivity index (χ2n) is 8.19. The molecule has 0 aliphatic heterocycles. The molecule has 0 bridgehead atoms. The van der Waals surface area contributed by atoms with E-state index in [0.29, 0.717) is 10.8 Å². The Morgan fingerprint density at radius 2 is 0.667 bits per heavy atom. The van der Waals surface area contributed by atoms with E-state index < -0.39 is 19.5 Å². The van der Waals surface area contributed by atoms with Gasteiger partial charge in [0.15, 0.2) is 0 Å². The van der Waals surface area contributed by atoms with Gasteiger partial charge in [-0.1, -0.05) is 102 Å². The van der Waals surface area contributed by atoms with Crippen molar-refractivity contribution in [3.8, 4) is 0 Å². The number of benzene rings is 2. The molecule has 0 aliphatic rings. The molecule has 0 saturated carbocycles. The molecule has 0 N–H and O–H groups in total. The minimum atomic E-state index is -11.2. The second-order valence-corrected chi connectivity index (χ2v) is 13.7. The van der Waals surface area contributed by atoms with E-state index in [1.54, 1.807) is 0 Å². The second kappa shape index (κ2) is 8.06. The summed E-state index contributed by atoms with van der Waals surface area (Å²) in [7, 11) is 0. The van der Waals surface area contributed by atoms with Gasteiger partial charge in [-0.2, -0.15) is 0 Å². The van der Waals surface area contributed by atoms with Crippen LogP contribution in [0.5, 0.6) is 0 Å². The van der Waals surface area contributed by atoms with E-state index >= 15 is 0 Å². The Balaban J connectivity index is 0.000000384. The molecular formula is C20H28F6Sb-. The first-order valence-electron chi connectivity index (χ1n) is 8.34. The van der Waals surface area contributed by atoms with Crippen molar-refractivity contribution < 1.29 is 16.9 Å². The first kappa shape index (κ1) is 25.8. The fraction of sp³-hybridized carbons (Fsp3) is 0.400. The van der Waals surface area contributed by atoms with Crippen LogP contribution in [0, 0.1) is 0 Å². The average molecular weight is 504 g/mol. The third kappa shape index (κ3) is 18.0. The molecule has 0 amide bonds. The monoisotopic (exact) mass is 503 g/mol. The third-order valence-electron chi connectivity index (χ3n) is 3.28. The van der Waals surface area contributed by atoms with Crippen LogP contribution in [-0.4, -0.2) is 19.5 Å². The molecule has 0 atom stereocenters. The zero-order valence-electron chi connectivity index (χ0n) is 16.5. The molecule has 0 heterocycles. The average Bonchev–Trinajstić information content (AvgIpc) is 2.45. The number of hydrogen-bond acceptors (Lipinski definition) is 0. The molecule has 2 aromatic rings. The van der Waals surface area contributed by atoms with Gasteiger partial charge in [0.1, 0.15) is 0 Å². The van der Waals surface area contributed by atoms with E-state index in [2.05, 4.69) is 102 Å². The Hall–Kier alpha value is -1.16. The summed E-state index contributed by atoms with van der Waals surface area (Å²) in [6, 6.07) is 21.1. The maximum absolute atomic E-state index is 11.2. The molecule has 156 valence electrons. The molecule has 27 heavy (non-hydrogen) atoms. The Labute approximate surface area is 160 Å². The van der Waals surface area contributed by atoms with Crippen LogP contribution < -0.4 is 0 Å². The fourth-order valence-corrected chi connectivity index (χ4v) is 1.88. The number of rotatable bonds is 0. The zero-order chi connectivity index (χ0) is 21.6. The number of halogens is 6. The summed E-state index contributed by atoms with van der Waals surface area (Å²) < 4.78 is 59.6. The standard InChI is InChI=1S/2C10H14.6FH.Sb/c2*1-10(2,3)9-7-5-4-6-8-9;;;;;;;/h2*4-8H,1-3H3;6*1H;/q;;;;;;;;+5/p-6. The predicted octanol–water partition coefficient (Wildman–Crippen LogP) is 8.11. The van der Waals surface area contributed by atoms with Gasteiger partial charge in [-0.05, 0) is 22.0 Å². The molecule has 0 nitrogen and oxygen atoms in total. The Kier molecular flexibility index (Phi) is 7.72. The van der Waals surface area contributed by atoms with Crippen molar-refractivity contribution in [3.05, 3.63) is 71.8 Å². The van der Waals surface area contributed by atoms with Crippen molar-refractivity contribution in [1.82, 2.24) is 0 Å². The number of hydrogen-bond donors (Lipinski definition) is 0. The van der Waals surface area contributed by atoms with Crippen molar-refractivity contribution in [2.75, 3.05) is 0 Å². The third-order valence-corrected chi connectivity index (χ3v) is 3.28. The predicted molar refractivity (Wildman–Crippen MR) is 103 cm³/mol. The van der Waals surface area contributed by atoms with Gasteiger partial charge >= 0.3 is 36.4 Å². The van der Waals surface area contributed by atoms with Gasteiger partial charge in [0, 0.05) is 0 Å². The van der Waals surface area contributed by atoms with Crippen molar-refractivity contribution in [3.63, 3.8) is 0 Å². The van der Waals surface area contributed by atoms with Crippen LogP contribution in [0.15, 0.2) is 60.7 Å². The van der Waals surface area contributed by atoms with Gasteiger partial charge in [0.25, 0.3) is 0 Å². The molecule has 0 spiro atoms. The molecular weight excluding hydrogens is 476 g/mol. The van der Waals surface area contributed by atoms with E-state index in [1.807, 2.05) is 0 Å². The summed E-state index contributed by atoms with van der Waals surface area (Å²) in [5.74, 6) is 0. The van der Waals surface area contributed by atoms with Gasteiger partial charge in [-0.15, -0.1) is 0 Å². The van der Waals surface area contributed by atoms with Gasteiger partial charge in [0.05, 0.1) is 0 Å². The summed E-state index contributed by atoms with van der Waals surface area (Å²) in [6.07, 6.45) is 0. The quantitative estimate of drug-likeness (QED) is 0.251. The fourth-order valence-electron chi connectivity index (χ4n) is 1.88. The van der Waals surface area contributed by atoms with E-state index in [4.69, 9.17) is 0 Å².